The van der Waals surface area contributed by atoms with Gasteiger partial charge in [-0.15, -0.1) is 0 Å². The van der Waals surface area contributed by atoms with Gasteiger partial charge in [-0.2, -0.15) is 0 Å². The van der Waals surface area contributed by atoms with E-state index in [-0.39, 0.29) is 25.7 Å². The Kier molecular flexibility index (Phi) is 7.63. The molecular formula is C10H22NO5P. The van der Waals surface area contributed by atoms with Gasteiger partial charge in [0.15, 0.2) is 0 Å². The summed E-state index contributed by atoms with van der Waals surface area (Å²) < 4.78 is 16.4. The summed E-state index contributed by atoms with van der Waals surface area (Å²) in [6, 6.07) is 0. The van der Waals surface area contributed by atoms with E-state index in [1.807, 2.05) is 13.8 Å². The molecule has 1 unspecified atom stereocenters. The highest BCUT2D eigenvalue weighted by atomic mass is 31.2. The van der Waals surface area contributed by atoms with Crippen LogP contribution >= 0.6 is 7.60 Å². The number of carbonyl (C=O) groups excluding carboxylic acids is 1. The van der Waals surface area contributed by atoms with Crippen molar-refractivity contribution in [2.24, 2.45) is 5.92 Å². The van der Waals surface area contributed by atoms with E-state index in [1.54, 1.807) is 0 Å². The summed E-state index contributed by atoms with van der Waals surface area (Å²) >= 11 is 0. The van der Waals surface area contributed by atoms with Gasteiger partial charge < -0.3 is 9.42 Å². The van der Waals surface area contributed by atoms with Gasteiger partial charge in [-0.25, -0.2) is 5.06 Å². The largest absolute Gasteiger partial charge is 0.328 e. The number of hydrogen-bond donors (Lipinski definition) is 2. The molecule has 0 bridgehead atoms. The summed E-state index contributed by atoms with van der Waals surface area (Å²) in [5.74, 6) is -0.0702. The van der Waals surface area contributed by atoms with E-state index in [0.29, 0.717) is 11.0 Å². The molecule has 6 nitrogen and oxygen atoms in total. The molecule has 0 spiro atoms. The van der Waals surface area contributed by atoms with E-state index in [0.717, 1.165) is 6.42 Å². The summed E-state index contributed by atoms with van der Waals surface area (Å²) in [5, 5.41) is 9.57. The topological polar surface area (TPSA) is 87.1 Å². The lowest BCUT2D eigenvalue weighted by Gasteiger charge is -2.15. The van der Waals surface area contributed by atoms with Crippen LogP contribution in [-0.4, -0.2) is 40.4 Å². The van der Waals surface area contributed by atoms with Gasteiger partial charge in [-0.05, 0) is 18.8 Å². The van der Waals surface area contributed by atoms with Crippen LogP contribution in [0.15, 0.2) is 0 Å². The van der Waals surface area contributed by atoms with Gasteiger partial charge in [0.05, 0.1) is 12.8 Å². The first-order chi connectivity index (χ1) is 7.74. The van der Waals surface area contributed by atoms with E-state index < -0.39 is 13.5 Å². The molecule has 0 aliphatic rings. The fourth-order valence-electron chi connectivity index (χ4n) is 1.07. The van der Waals surface area contributed by atoms with E-state index in [4.69, 9.17) is 9.73 Å². The number of rotatable bonds is 8. The standard InChI is InChI=1S/C10H22NO5P/c1-9(2)5-7-16-17(14,15)8-4-6-11(13)10(3)12/h9,13H,4-8H2,1-3H3,(H,14,15). The Labute approximate surface area is 102 Å². The lowest BCUT2D eigenvalue weighted by Crippen LogP contribution is -2.26. The highest BCUT2D eigenvalue weighted by Gasteiger charge is 2.19. The molecule has 0 rings (SSSR count). The van der Waals surface area contributed by atoms with Crippen LogP contribution < -0.4 is 0 Å². The van der Waals surface area contributed by atoms with E-state index >= 15 is 0 Å². The molecule has 0 saturated carbocycles. The second-order valence-electron chi connectivity index (χ2n) is 4.37. The molecule has 0 heterocycles. The number of nitrogens with zero attached hydrogens (tertiary/aromatic N) is 1. The Morgan fingerprint density at radius 1 is 1.47 bits per heavy atom. The van der Waals surface area contributed by atoms with Gasteiger partial charge in [0.1, 0.15) is 0 Å². The molecule has 0 aromatic carbocycles. The molecule has 0 aliphatic carbocycles. The van der Waals surface area contributed by atoms with Crippen LogP contribution in [-0.2, 0) is 13.9 Å². The number of hydroxylamine groups is 2. The lowest BCUT2D eigenvalue weighted by atomic mass is 10.2. The second kappa shape index (κ2) is 7.82. The van der Waals surface area contributed by atoms with Crippen molar-refractivity contribution in [3.8, 4) is 0 Å². The monoisotopic (exact) mass is 267 g/mol. The first-order valence-electron chi connectivity index (χ1n) is 5.68. The molecule has 0 aliphatic heterocycles. The van der Waals surface area contributed by atoms with Gasteiger partial charge in [0.25, 0.3) is 0 Å². The van der Waals surface area contributed by atoms with Crippen LogP contribution in [0.25, 0.3) is 0 Å². The van der Waals surface area contributed by atoms with Crippen molar-refractivity contribution in [3.05, 3.63) is 0 Å². The SMILES string of the molecule is CC(=O)N(O)CCCP(=O)(O)OCCC(C)C. The third kappa shape index (κ3) is 9.30. The van der Waals surface area contributed by atoms with Gasteiger partial charge in [0.2, 0.25) is 5.91 Å². The van der Waals surface area contributed by atoms with E-state index in [1.165, 1.54) is 6.92 Å². The summed E-state index contributed by atoms with van der Waals surface area (Å²) in [7, 11) is -3.58. The Morgan fingerprint density at radius 3 is 2.53 bits per heavy atom. The van der Waals surface area contributed by atoms with Gasteiger partial charge >= 0.3 is 7.60 Å². The Morgan fingerprint density at radius 2 is 2.06 bits per heavy atom. The fourth-order valence-corrected chi connectivity index (χ4v) is 2.13. The molecule has 2 N–H and O–H groups in total. The second-order valence-corrected chi connectivity index (χ2v) is 6.35. The van der Waals surface area contributed by atoms with E-state index in [9.17, 15) is 14.3 Å². The maximum Gasteiger partial charge on any atom is 0.328 e. The van der Waals surface area contributed by atoms with Crippen LogP contribution in [0.4, 0.5) is 0 Å². The number of amides is 1. The molecule has 1 atom stereocenters. The average Bonchev–Trinajstić information content (AvgIpc) is 2.15. The van der Waals surface area contributed by atoms with Crippen molar-refractivity contribution < 1.29 is 24.0 Å². The van der Waals surface area contributed by atoms with Crippen molar-refractivity contribution in [3.63, 3.8) is 0 Å². The highest BCUT2D eigenvalue weighted by molar-refractivity contribution is 7.52. The zero-order valence-electron chi connectivity index (χ0n) is 10.6. The van der Waals surface area contributed by atoms with E-state index in [2.05, 4.69) is 0 Å². The van der Waals surface area contributed by atoms with Crippen LogP contribution in [0.5, 0.6) is 0 Å². The smallest absolute Gasteiger partial charge is 0.324 e. The average molecular weight is 267 g/mol. The van der Waals surface area contributed by atoms with Crippen LogP contribution in [0.3, 0.4) is 0 Å². The van der Waals surface area contributed by atoms with Crippen LogP contribution in [0, 0.1) is 5.92 Å². The minimum Gasteiger partial charge on any atom is -0.324 e. The molecule has 17 heavy (non-hydrogen) atoms. The molecule has 1 amide bonds. The Hall–Kier alpha value is -0.420. The van der Waals surface area contributed by atoms with Gasteiger partial charge in [-0.1, -0.05) is 13.8 Å². The van der Waals surface area contributed by atoms with Crippen molar-refractivity contribution in [2.45, 2.75) is 33.6 Å². The van der Waals surface area contributed by atoms with Crippen LogP contribution in [0.1, 0.15) is 33.6 Å². The van der Waals surface area contributed by atoms with Gasteiger partial charge in [-0.3, -0.25) is 14.6 Å². The Bertz CT molecular complexity index is 282. The zero-order chi connectivity index (χ0) is 13.5. The quantitative estimate of drug-likeness (QED) is 0.398. The molecule has 0 fully saturated rings. The molecule has 7 heteroatoms. The third-order valence-corrected chi connectivity index (χ3v) is 3.63. The summed E-state index contributed by atoms with van der Waals surface area (Å²) in [4.78, 5) is 20.1. The Balaban J connectivity index is 3.78. The fraction of sp³-hybridized carbons (Fsp3) is 0.900. The maximum absolute atomic E-state index is 11.5. The van der Waals surface area contributed by atoms with Crippen molar-refractivity contribution in [2.75, 3.05) is 19.3 Å². The summed E-state index contributed by atoms with van der Waals surface area (Å²) in [5.41, 5.74) is 0. The number of carbonyl (C=O) groups is 1. The maximum atomic E-state index is 11.5. The zero-order valence-corrected chi connectivity index (χ0v) is 11.5. The molecule has 102 valence electrons. The molecule has 0 radical (unpaired) electrons. The van der Waals surface area contributed by atoms with Crippen molar-refractivity contribution >= 4 is 13.5 Å². The first-order valence-corrected chi connectivity index (χ1v) is 7.44. The number of hydrogen-bond acceptors (Lipinski definition) is 4. The predicted octanol–water partition coefficient (Wildman–Crippen LogP) is 1.86. The molecule has 0 aromatic heterocycles. The minimum absolute atomic E-state index is 0.0351. The predicted molar refractivity (Wildman–Crippen MR) is 63.9 cm³/mol. The molecule has 0 saturated heterocycles. The minimum atomic E-state index is -3.58. The molecule has 0 aromatic rings. The van der Waals surface area contributed by atoms with Crippen molar-refractivity contribution in [1.82, 2.24) is 5.06 Å². The molecular weight excluding hydrogens is 245 g/mol. The first kappa shape index (κ1) is 16.6. The normalized spacial score (nSPS) is 14.7. The van der Waals surface area contributed by atoms with Crippen molar-refractivity contribution in [1.29, 1.82) is 0 Å². The third-order valence-electron chi connectivity index (χ3n) is 2.16. The summed E-state index contributed by atoms with van der Waals surface area (Å²) in [6.45, 7) is 5.51. The van der Waals surface area contributed by atoms with Gasteiger partial charge in [0, 0.05) is 13.5 Å². The lowest BCUT2D eigenvalue weighted by molar-refractivity contribution is -0.162. The highest BCUT2D eigenvalue weighted by Crippen LogP contribution is 2.42. The summed E-state index contributed by atoms with van der Waals surface area (Å²) in [6.07, 6.45) is 0.894. The van der Waals surface area contributed by atoms with Crippen LogP contribution in [0.2, 0.25) is 0 Å².